The molecular weight excluding hydrogens is 230 g/mol. The molecule has 0 atom stereocenters. The van der Waals surface area contributed by atoms with E-state index >= 15 is 0 Å². The highest BCUT2D eigenvalue weighted by molar-refractivity contribution is 8.00. The molecule has 0 unspecified atom stereocenters. The van der Waals surface area contributed by atoms with E-state index in [2.05, 4.69) is 21.5 Å². The van der Waals surface area contributed by atoms with Crippen LogP contribution in [0.2, 0.25) is 0 Å². The summed E-state index contributed by atoms with van der Waals surface area (Å²) >= 11 is 2.01. The number of rotatable bonds is 4. The largest absolute Gasteiger partial charge is 0.368 e. The summed E-state index contributed by atoms with van der Waals surface area (Å²) in [6.07, 6.45) is 11.5. The van der Waals surface area contributed by atoms with Crippen molar-refractivity contribution in [2.24, 2.45) is 0 Å². The maximum atomic E-state index is 4.41. The third-order valence-electron chi connectivity index (χ3n) is 4.15. The standard InChI is InChI=1S/C13H19N3S/c1-17-13(6-3-7-13)8-14-12-10-4-2-5-11(10)15-9-16-12/h9H,2-8H2,1H3,(H,14,15,16). The van der Waals surface area contributed by atoms with Crippen LogP contribution in [0.1, 0.15) is 36.9 Å². The molecule has 3 nitrogen and oxygen atoms in total. The highest BCUT2D eigenvalue weighted by atomic mass is 32.2. The van der Waals surface area contributed by atoms with E-state index in [9.17, 15) is 0 Å². The Hall–Kier alpha value is -0.770. The monoisotopic (exact) mass is 249 g/mol. The molecule has 1 fully saturated rings. The highest BCUT2D eigenvalue weighted by Gasteiger charge is 2.36. The van der Waals surface area contributed by atoms with Crippen LogP contribution >= 0.6 is 11.8 Å². The summed E-state index contributed by atoms with van der Waals surface area (Å²) in [7, 11) is 0. The third-order valence-corrected chi connectivity index (χ3v) is 5.57. The van der Waals surface area contributed by atoms with Gasteiger partial charge in [-0.3, -0.25) is 0 Å². The molecule has 17 heavy (non-hydrogen) atoms. The van der Waals surface area contributed by atoms with E-state index in [1.807, 2.05) is 11.8 Å². The summed E-state index contributed by atoms with van der Waals surface area (Å²) in [6, 6.07) is 0. The first-order valence-electron chi connectivity index (χ1n) is 6.45. The minimum Gasteiger partial charge on any atom is -0.368 e. The van der Waals surface area contributed by atoms with E-state index in [4.69, 9.17) is 0 Å². The van der Waals surface area contributed by atoms with Crippen LogP contribution in [-0.2, 0) is 12.8 Å². The lowest BCUT2D eigenvalue weighted by Gasteiger charge is -2.40. The second kappa shape index (κ2) is 4.48. The number of thioether (sulfide) groups is 1. The van der Waals surface area contributed by atoms with Crippen LogP contribution in [0.3, 0.4) is 0 Å². The van der Waals surface area contributed by atoms with Gasteiger partial charge in [-0.25, -0.2) is 9.97 Å². The Morgan fingerprint density at radius 2 is 2.18 bits per heavy atom. The van der Waals surface area contributed by atoms with E-state index in [-0.39, 0.29) is 0 Å². The van der Waals surface area contributed by atoms with Gasteiger partial charge < -0.3 is 5.32 Å². The Labute approximate surface area is 107 Å². The summed E-state index contributed by atoms with van der Waals surface area (Å²) in [5.74, 6) is 1.09. The number of hydrogen-bond acceptors (Lipinski definition) is 4. The highest BCUT2D eigenvalue weighted by Crippen LogP contribution is 2.42. The SMILES string of the molecule is CSC1(CNc2ncnc3c2CCC3)CCC1. The molecule has 2 aliphatic rings. The van der Waals surface area contributed by atoms with Crippen molar-refractivity contribution in [1.29, 1.82) is 0 Å². The maximum absolute atomic E-state index is 4.41. The number of anilines is 1. The van der Waals surface area contributed by atoms with E-state index in [1.54, 1.807) is 6.33 Å². The molecule has 3 rings (SSSR count). The van der Waals surface area contributed by atoms with Gasteiger partial charge in [-0.2, -0.15) is 11.8 Å². The fourth-order valence-electron chi connectivity index (χ4n) is 2.78. The van der Waals surface area contributed by atoms with E-state index in [1.165, 1.54) is 36.9 Å². The number of nitrogens with zero attached hydrogens (tertiary/aromatic N) is 2. The average Bonchev–Trinajstić information content (AvgIpc) is 2.77. The van der Waals surface area contributed by atoms with Crippen molar-refractivity contribution in [2.75, 3.05) is 18.1 Å². The molecule has 1 aromatic rings. The van der Waals surface area contributed by atoms with Crippen LogP contribution in [-0.4, -0.2) is 27.5 Å². The molecule has 0 saturated heterocycles. The fourth-order valence-corrected chi connectivity index (χ4v) is 3.69. The van der Waals surface area contributed by atoms with Gasteiger partial charge in [-0.1, -0.05) is 6.42 Å². The second-order valence-electron chi connectivity index (χ2n) is 5.10. The van der Waals surface area contributed by atoms with Crippen LogP contribution in [0.4, 0.5) is 5.82 Å². The molecule has 0 bridgehead atoms. The van der Waals surface area contributed by atoms with Gasteiger partial charge in [-0.05, 0) is 38.4 Å². The van der Waals surface area contributed by atoms with Gasteiger partial charge >= 0.3 is 0 Å². The van der Waals surface area contributed by atoms with Crippen molar-refractivity contribution in [1.82, 2.24) is 9.97 Å². The van der Waals surface area contributed by atoms with Crippen molar-refractivity contribution < 1.29 is 0 Å². The molecule has 0 amide bonds. The molecule has 0 aromatic carbocycles. The first-order valence-corrected chi connectivity index (χ1v) is 7.67. The lowest BCUT2D eigenvalue weighted by molar-refractivity contribution is 0.379. The van der Waals surface area contributed by atoms with Crippen LogP contribution in [0.5, 0.6) is 0 Å². The van der Waals surface area contributed by atoms with Gasteiger partial charge in [0.1, 0.15) is 12.1 Å². The summed E-state index contributed by atoms with van der Waals surface area (Å²) in [5.41, 5.74) is 2.62. The van der Waals surface area contributed by atoms with Gasteiger partial charge in [0.15, 0.2) is 0 Å². The van der Waals surface area contributed by atoms with E-state index < -0.39 is 0 Å². The molecule has 0 aliphatic heterocycles. The lowest BCUT2D eigenvalue weighted by Crippen LogP contribution is -2.40. The molecule has 2 aliphatic carbocycles. The van der Waals surface area contributed by atoms with Crippen molar-refractivity contribution in [3.8, 4) is 0 Å². The maximum Gasteiger partial charge on any atom is 0.132 e. The van der Waals surface area contributed by atoms with Gasteiger partial charge in [0.2, 0.25) is 0 Å². The number of fused-ring (bicyclic) bond motifs is 1. The minimum atomic E-state index is 0.469. The smallest absolute Gasteiger partial charge is 0.132 e. The molecule has 1 heterocycles. The zero-order valence-electron chi connectivity index (χ0n) is 10.3. The number of aryl methyl sites for hydroxylation is 1. The summed E-state index contributed by atoms with van der Waals surface area (Å²) in [4.78, 5) is 8.78. The zero-order chi connectivity index (χ0) is 11.7. The summed E-state index contributed by atoms with van der Waals surface area (Å²) < 4.78 is 0.469. The molecule has 4 heteroatoms. The lowest BCUT2D eigenvalue weighted by atomic mass is 9.84. The first kappa shape index (κ1) is 11.3. The molecule has 1 N–H and O–H groups in total. The van der Waals surface area contributed by atoms with Crippen LogP contribution in [0.25, 0.3) is 0 Å². The number of hydrogen-bond donors (Lipinski definition) is 1. The van der Waals surface area contributed by atoms with Crippen LogP contribution < -0.4 is 5.32 Å². The molecular formula is C13H19N3S. The topological polar surface area (TPSA) is 37.8 Å². The molecule has 0 spiro atoms. The van der Waals surface area contributed by atoms with Crippen molar-refractivity contribution in [3.05, 3.63) is 17.6 Å². The Balaban J connectivity index is 1.71. The Bertz CT molecular complexity index is 410. The predicted molar refractivity (Wildman–Crippen MR) is 72.6 cm³/mol. The van der Waals surface area contributed by atoms with Crippen molar-refractivity contribution >= 4 is 17.6 Å². The quantitative estimate of drug-likeness (QED) is 0.890. The van der Waals surface area contributed by atoms with Crippen molar-refractivity contribution in [3.63, 3.8) is 0 Å². The van der Waals surface area contributed by atoms with Crippen LogP contribution in [0.15, 0.2) is 6.33 Å². The van der Waals surface area contributed by atoms with Gasteiger partial charge in [0.25, 0.3) is 0 Å². The average molecular weight is 249 g/mol. The first-order chi connectivity index (χ1) is 8.33. The zero-order valence-corrected chi connectivity index (χ0v) is 11.1. The second-order valence-corrected chi connectivity index (χ2v) is 6.37. The minimum absolute atomic E-state index is 0.469. The van der Waals surface area contributed by atoms with E-state index in [0.29, 0.717) is 4.75 Å². The number of aromatic nitrogens is 2. The Morgan fingerprint density at radius 3 is 2.88 bits per heavy atom. The Morgan fingerprint density at radius 1 is 1.29 bits per heavy atom. The summed E-state index contributed by atoms with van der Waals surface area (Å²) in [5, 5.41) is 3.57. The molecule has 1 saturated carbocycles. The molecule has 0 radical (unpaired) electrons. The van der Waals surface area contributed by atoms with Crippen molar-refractivity contribution in [2.45, 2.75) is 43.3 Å². The normalized spacial score (nSPS) is 20.8. The molecule has 1 aromatic heterocycles. The summed E-state index contributed by atoms with van der Waals surface area (Å²) in [6.45, 7) is 1.05. The predicted octanol–water partition coefficient (Wildman–Crippen LogP) is 2.66. The third kappa shape index (κ3) is 2.03. The Kier molecular flexibility index (Phi) is 2.99. The number of nitrogens with one attached hydrogen (secondary N) is 1. The van der Waals surface area contributed by atoms with Crippen LogP contribution in [0, 0.1) is 0 Å². The van der Waals surface area contributed by atoms with E-state index in [0.717, 1.165) is 25.2 Å². The van der Waals surface area contributed by atoms with Gasteiger partial charge in [0.05, 0.1) is 0 Å². The van der Waals surface area contributed by atoms with Gasteiger partial charge in [0, 0.05) is 22.5 Å². The fraction of sp³-hybridized carbons (Fsp3) is 0.692. The van der Waals surface area contributed by atoms with Gasteiger partial charge in [-0.15, -0.1) is 0 Å². The molecule has 92 valence electrons.